The fraction of sp³-hybridized carbons (Fsp3) is 0.467. The third kappa shape index (κ3) is 2.52. The highest BCUT2D eigenvalue weighted by Crippen LogP contribution is 2.24. The number of hydrogen-bond donors (Lipinski definition) is 0. The molecule has 1 aromatic carbocycles. The van der Waals surface area contributed by atoms with Crippen LogP contribution in [0, 0.1) is 0 Å². The van der Waals surface area contributed by atoms with Gasteiger partial charge in [0.15, 0.2) is 0 Å². The zero-order chi connectivity index (χ0) is 14.1. The van der Waals surface area contributed by atoms with E-state index in [0.717, 1.165) is 24.9 Å². The lowest BCUT2D eigenvalue weighted by Crippen LogP contribution is -2.43. The Balaban J connectivity index is 1.79. The van der Waals surface area contributed by atoms with E-state index in [0.29, 0.717) is 24.5 Å². The molecule has 1 unspecified atom stereocenters. The van der Waals surface area contributed by atoms with Crippen LogP contribution in [0.1, 0.15) is 24.8 Å². The SMILES string of the molecule is O=C1C2CCCN2C(=O)CCN1Cc1cccc(Cl)c1. The Morgan fingerprint density at radius 3 is 2.90 bits per heavy atom. The smallest absolute Gasteiger partial charge is 0.245 e. The van der Waals surface area contributed by atoms with Crippen LogP contribution in [-0.2, 0) is 16.1 Å². The topological polar surface area (TPSA) is 40.6 Å². The van der Waals surface area contributed by atoms with E-state index in [1.54, 1.807) is 9.80 Å². The zero-order valence-corrected chi connectivity index (χ0v) is 12.0. The molecule has 0 aliphatic carbocycles. The van der Waals surface area contributed by atoms with Crippen molar-refractivity contribution in [2.45, 2.75) is 31.8 Å². The quantitative estimate of drug-likeness (QED) is 0.837. The molecule has 2 heterocycles. The fourth-order valence-corrected chi connectivity index (χ4v) is 3.24. The molecule has 3 rings (SSSR count). The van der Waals surface area contributed by atoms with Gasteiger partial charge in [0.2, 0.25) is 11.8 Å². The lowest BCUT2D eigenvalue weighted by atomic mass is 10.1. The van der Waals surface area contributed by atoms with E-state index < -0.39 is 0 Å². The Hall–Kier alpha value is -1.55. The van der Waals surface area contributed by atoms with E-state index in [9.17, 15) is 9.59 Å². The molecule has 106 valence electrons. The van der Waals surface area contributed by atoms with Crippen LogP contribution in [0.2, 0.25) is 5.02 Å². The number of hydrogen-bond acceptors (Lipinski definition) is 2. The molecule has 1 aromatic rings. The van der Waals surface area contributed by atoms with E-state index in [1.165, 1.54) is 0 Å². The largest absolute Gasteiger partial charge is 0.336 e. The molecule has 2 aliphatic heterocycles. The summed E-state index contributed by atoms with van der Waals surface area (Å²) in [5.74, 6) is 0.183. The molecule has 2 fully saturated rings. The van der Waals surface area contributed by atoms with Gasteiger partial charge in [0.1, 0.15) is 6.04 Å². The van der Waals surface area contributed by atoms with Crippen molar-refractivity contribution in [2.75, 3.05) is 13.1 Å². The number of nitrogens with zero attached hydrogens (tertiary/aromatic N) is 2. The van der Waals surface area contributed by atoms with E-state index in [2.05, 4.69) is 0 Å². The third-order valence-electron chi connectivity index (χ3n) is 4.03. The highest BCUT2D eigenvalue weighted by atomic mass is 35.5. The summed E-state index contributed by atoms with van der Waals surface area (Å²) >= 11 is 5.98. The first kappa shape index (κ1) is 13.4. The lowest BCUT2D eigenvalue weighted by molar-refractivity contribution is -0.139. The number of rotatable bonds is 2. The van der Waals surface area contributed by atoms with Gasteiger partial charge in [-0.05, 0) is 30.5 Å². The maximum Gasteiger partial charge on any atom is 0.245 e. The first-order valence-corrected chi connectivity index (χ1v) is 7.35. The van der Waals surface area contributed by atoms with Gasteiger partial charge in [-0.1, -0.05) is 23.7 Å². The standard InChI is InChI=1S/C15H17ClN2O2/c16-12-4-1-3-11(9-12)10-17-8-6-14(19)18-7-2-5-13(18)15(17)20/h1,3-4,9,13H,2,5-8,10H2. The Morgan fingerprint density at radius 2 is 2.10 bits per heavy atom. The van der Waals surface area contributed by atoms with Gasteiger partial charge in [-0.3, -0.25) is 9.59 Å². The summed E-state index contributed by atoms with van der Waals surface area (Å²) < 4.78 is 0. The Labute approximate surface area is 123 Å². The van der Waals surface area contributed by atoms with Gasteiger partial charge >= 0.3 is 0 Å². The average molecular weight is 293 g/mol. The minimum Gasteiger partial charge on any atom is -0.336 e. The van der Waals surface area contributed by atoms with E-state index in [-0.39, 0.29) is 17.9 Å². The second-order valence-electron chi connectivity index (χ2n) is 5.38. The molecule has 1 atom stereocenters. The highest BCUT2D eigenvalue weighted by Gasteiger charge is 2.39. The summed E-state index contributed by atoms with van der Waals surface area (Å²) in [5.41, 5.74) is 1.00. The maximum atomic E-state index is 12.6. The van der Waals surface area contributed by atoms with Crippen molar-refractivity contribution in [3.8, 4) is 0 Å². The first-order valence-electron chi connectivity index (χ1n) is 6.98. The van der Waals surface area contributed by atoms with Crippen molar-refractivity contribution in [1.29, 1.82) is 0 Å². The Bertz CT molecular complexity index is 546. The average Bonchev–Trinajstić information content (AvgIpc) is 2.88. The summed E-state index contributed by atoms with van der Waals surface area (Å²) in [6.07, 6.45) is 2.13. The molecule has 0 spiro atoms. The summed E-state index contributed by atoms with van der Waals surface area (Å²) in [6, 6.07) is 7.28. The summed E-state index contributed by atoms with van der Waals surface area (Å²) in [7, 11) is 0. The maximum absolute atomic E-state index is 12.6. The second kappa shape index (κ2) is 5.44. The molecule has 5 heteroatoms. The van der Waals surface area contributed by atoms with Crippen LogP contribution < -0.4 is 0 Å². The van der Waals surface area contributed by atoms with Gasteiger partial charge in [0.05, 0.1) is 0 Å². The molecule has 2 aliphatic rings. The number of carbonyl (C=O) groups is 2. The number of amides is 2. The highest BCUT2D eigenvalue weighted by molar-refractivity contribution is 6.30. The van der Waals surface area contributed by atoms with Gasteiger partial charge in [-0.2, -0.15) is 0 Å². The summed E-state index contributed by atoms with van der Waals surface area (Å²) in [6.45, 7) is 1.74. The van der Waals surface area contributed by atoms with Crippen LogP contribution in [0.3, 0.4) is 0 Å². The van der Waals surface area contributed by atoms with Crippen LogP contribution in [0.5, 0.6) is 0 Å². The van der Waals surface area contributed by atoms with Gasteiger partial charge in [0, 0.05) is 31.1 Å². The van der Waals surface area contributed by atoms with Crippen LogP contribution >= 0.6 is 11.6 Å². The molecule has 2 amide bonds. The minimum atomic E-state index is -0.246. The van der Waals surface area contributed by atoms with Crippen molar-refractivity contribution in [2.24, 2.45) is 0 Å². The monoisotopic (exact) mass is 292 g/mol. The van der Waals surface area contributed by atoms with Crippen LogP contribution in [-0.4, -0.2) is 40.7 Å². The van der Waals surface area contributed by atoms with Crippen LogP contribution in [0.4, 0.5) is 0 Å². The first-order chi connectivity index (χ1) is 9.65. The molecule has 20 heavy (non-hydrogen) atoms. The molecular weight excluding hydrogens is 276 g/mol. The van der Waals surface area contributed by atoms with Gasteiger partial charge in [0.25, 0.3) is 0 Å². The molecule has 2 saturated heterocycles. The number of carbonyl (C=O) groups excluding carboxylic acids is 2. The zero-order valence-electron chi connectivity index (χ0n) is 11.2. The Morgan fingerprint density at radius 1 is 1.25 bits per heavy atom. The van der Waals surface area contributed by atoms with Crippen molar-refractivity contribution >= 4 is 23.4 Å². The lowest BCUT2D eigenvalue weighted by Gasteiger charge is -2.25. The number of benzene rings is 1. The van der Waals surface area contributed by atoms with E-state index in [1.807, 2.05) is 24.3 Å². The molecule has 0 saturated carbocycles. The molecule has 0 aromatic heterocycles. The van der Waals surface area contributed by atoms with Crippen molar-refractivity contribution in [3.63, 3.8) is 0 Å². The van der Waals surface area contributed by atoms with Crippen LogP contribution in [0.25, 0.3) is 0 Å². The second-order valence-corrected chi connectivity index (χ2v) is 5.82. The van der Waals surface area contributed by atoms with Crippen molar-refractivity contribution < 1.29 is 9.59 Å². The summed E-state index contributed by atoms with van der Waals surface area (Å²) in [4.78, 5) is 28.1. The van der Waals surface area contributed by atoms with E-state index in [4.69, 9.17) is 11.6 Å². The molecular formula is C15H17ClN2O2. The van der Waals surface area contributed by atoms with Gasteiger partial charge in [-0.15, -0.1) is 0 Å². The molecule has 0 bridgehead atoms. The normalized spacial score (nSPS) is 22.9. The molecule has 0 N–H and O–H groups in total. The Kier molecular flexibility index (Phi) is 3.66. The molecule has 0 radical (unpaired) electrons. The van der Waals surface area contributed by atoms with E-state index >= 15 is 0 Å². The predicted molar refractivity (Wildman–Crippen MR) is 76.2 cm³/mol. The van der Waals surface area contributed by atoms with Crippen molar-refractivity contribution in [3.05, 3.63) is 34.9 Å². The molecule has 4 nitrogen and oxygen atoms in total. The predicted octanol–water partition coefficient (Wildman–Crippen LogP) is 2.06. The van der Waals surface area contributed by atoms with Gasteiger partial charge < -0.3 is 9.80 Å². The number of halogens is 1. The minimum absolute atomic E-state index is 0.0772. The van der Waals surface area contributed by atoms with Crippen molar-refractivity contribution in [1.82, 2.24) is 9.80 Å². The fourth-order valence-electron chi connectivity index (χ4n) is 3.03. The third-order valence-corrected chi connectivity index (χ3v) is 4.26. The summed E-state index contributed by atoms with van der Waals surface area (Å²) in [5, 5.41) is 0.670. The van der Waals surface area contributed by atoms with Crippen LogP contribution in [0.15, 0.2) is 24.3 Å². The van der Waals surface area contributed by atoms with Gasteiger partial charge in [-0.25, -0.2) is 0 Å². The number of fused-ring (bicyclic) bond motifs is 1.